The van der Waals surface area contributed by atoms with Crippen LogP contribution in [0.4, 0.5) is 15.2 Å². The second-order valence-corrected chi connectivity index (χ2v) is 9.01. The Bertz CT molecular complexity index is 1350. The SMILES string of the molecule is COC(=O)[C@@H]1CCCN1C(=S)c1cc(-c2cccc(Nc3nc4ccc(F)cc4s3)c2)no1. The van der Waals surface area contributed by atoms with Crippen LogP contribution in [-0.2, 0) is 9.53 Å². The van der Waals surface area contributed by atoms with Gasteiger partial charge in [0, 0.05) is 23.9 Å². The number of thiocarbonyl (C=S) groups is 1. The Hall–Kier alpha value is -3.37. The van der Waals surface area contributed by atoms with Gasteiger partial charge in [0.15, 0.2) is 10.9 Å². The molecule has 1 saturated heterocycles. The fourth-order valence-electron chi connectivity index (χ4n) is 3.88. The monoisotopic (exact) mass is 482 g/mol. The maximum atomic E-state index is 13.5. The van der Waals surface area contributed by atoms with Crippen LogP contribution in [-0.4, -0.2) is 45.7 Å². The summed E-state index contributed by atoms with van der Waals surface area (Å²) in [7, 11) is 1.38. The number of hydrogen-bond donors (Lipinski definition) is 1. The van der Waals surface area contributed by atoms with Crippen molar-refractivity contribution in [3.05, 3.63) is 60.1 Å². The predicted molar refractivity (Wildman–Crippen MR) is 128 cm³/mol. The number of nitrogens with zero attached hydrogens (tertiary/aromatic N) is 3. The van der Waals surface area contributed by atoms with Crippen LogP contribution in [0, 0.1) is 5.82 Å². The highest BCUT2D eigenvalue weighted by Crippen LogP contribution is 2.31. The van der Waals surface area contributed by atoms with E-state index in [1.165, 1.54) is 30.6 Å². The zero-order valence-electron chi connectivity index (χ0n) is 17.6. The number of likely N-dealkylation sites (tertiary alicyclic amines) is 1. The predicted octanol–water partition coefficient (Wildman–Crippen LogP) is 5.15. The van der Waals surface area contributed by atoms with Gasteiger partial charge >= 0.3 is 5.97 Å². The first-order valence-corrected chi connectivity index (χ1v) is 11.5. The lowest BCUT2D eigenvalue weighted by atomic mass is 10.1. The van der Waals surface area contributed by atoms with Gasteiger partial charge in [-0.1, -0.05) is 40.8 Å². The van der Waals surface area contributed by atoms with E-state index in [1.54, 1.807) is 12.1 Å². The smallest absolute Gasteiger partial charge is 0.328 e. The molecule has 33 heavy (non-hydrogen) atoms. The van der Waals surface area contributed by atoms with E-state index in [2.05, 4.69) is 15.5 Å². The van der Waals surface area contributed by atoms with E-state index in [9.17, 15) is 9.18 Å². The molecule has 5 rings (SSSR count). The molecule has 1 aliphatic heterocycles. The molecule has 7 nitrogen and oxygen atoms in total. The van der Waals surface area contributed by atoms with Gasteiger partial charge in [-0.3, -0.25) is 0 Å². The van der Waals surface area contributed by atoms with E-state index in [-0.39, 0.29) is 11.8 Å². The van der Waals surface area contributed by atoms with Crippen LogP contribution in [0.1, 0.15) is 18.6 Å². The summed E-state index contributed by atoms with van der Waals surface area (Å²) in [6, 6.07) is 13.5. The summed E-state index contributed by atoms with van der Waals surface area (Å²) in [5.74, 6) is -0.153. The largest absolute Gasteiger partial charge is 0.467 e. The van der Waals surface area contributed by atoms with Crippen LogP contribution in [0.2, 0.25) is 0 Å². The Morgan fingerprint density at radius 2 is 2.18 bits per heavy atom. The Morgan fingerprint density at radius 3 is 3.03 bits per heavy atom. The van der Waals surface area contributed by atoms with Crippen LogP contribution in [0.3, 0.4) is 0 Å². The summed E-state index contributed by atoms with van der Waals surface area (Å²) in [5, 5.41) is 8.10. The third-order valence-corrected chi connectivity index (χ3v) is 6.84. The first kappa shape index (κ1) is 21.5. The van der Waals surface area contributed by atoms with E-state index in [0.29, 0.717) is 34.5 Å². The molecule has 168 valence electrons. The highest BCUT2D eigenvalue weighted by Gasteiger charge is 2.34. The van der Waals surface area contributed by atoms with Crippen molar-refractivity contribution in [2.75, 3.05) is 19.0 Å². The number of carbonyl (C=O) groups excluding carboxylic acids is 1. The molecular weight excluding hydrogens is 463 g/mol. The third-order valence-electron chi connectivity index (χ3n) is 5.47. The van der Waals surface area contributed by atoms with E-state index in [1.807, 2.05) is 29.2 Å². The van der Waals surface area contributed by atoms with E-state index in [0.717, 1.165) is 27.9 Å². The van der Waals surface area contributed by atoms with Crippen LogP contribution >= 0.6 is 23.6 Å². The Labute approximate surface area is 198 Å². The summed E-state index contributed by atoms with van der Waals surface area (Å²) in [4.78, 5) is 18.8. The lowest BCUT2D eigenvalue weighted by molar-refractivity contribution is -0.144. The molecule has 1 atom stereocenters. The number of benzene rings is 2. The number of ether oxygens (including phenoxy) is 1. The zero-order valence-corrected chi connectivity index (χ0v) is 19.2. The first-order valence-electron chi connectivity index (χ1n) is 10.3. The highest BCUT2D eigenvalue weighted by molar-refractivity contribution is 7.80. The normalized spacial score (nSPS) is 15.7. The van der Waals surface area contributed by atoms with Gasteiger partial charge in [0.1, 0.15) is 22.5 Å². The quantitative estimate of drug-likeness (QED) is 0.309. The molecule has 4 aromatic rings. The van der Waals surface area contributed by atoms with Gasteiger partial charge in [-0.05, 0) is 43.2 Å². The second kappa shape index (κ2) is 8.87. The Balaban J connectivity index is 1.35. The zero-order chi connectivity index (χ0) is 22.9. The first-order chi connectivity index (χ1) is 16.0. The fourth-order valence-corrected chi connectivity index (χ4v) is 5.10. The molecule has 10 heteroatoms. The van der Waals surface area contributed by atoms with E-state index >= 15 is 0 Å². The highest BCUT2D eigenvalue weighted by atomic mass is 32.1. The van der Waals surface area contributed by atoms with Crippen molar-refractivity contribution < 1.29 is 18.4 Å². The van der Waals surface area contributed by atoms with Crippen molar-refractivity contribution in [2.45, 2.75) is 18.9 Å². The molecule has 0 spiro atoms. The summed E-state index contributed by atoms with van der Waals surface area (Å²) in [6.45, 7) is 0.667. The average Bonchev–Trinajstić information content (AvgIpc) is 3.57. The molecule has 0 aliphatic carbocycles. The van der Waals surface area contributed by atoms with Crippen molar-refractivity contribution in [2.24, 2.45) is 0 Å². The number of fused-ring (bicyclic) bond motifs is 1. The summed E-state index contributed by atoms with van der Waals surface area (Å²) < 4.78 is 24.6. The van der Waals surface area contributed by atoms with Gasteiger partial charge < -0.3 is 19.5 Å². The van der Waals surface area contributed by atoms with Gasteiger partial charge in [0.25, 0.3) is 0 Å². The fraction of sp³-hybridized carbons (Fsp3) is 0.217. The van der Waals surface area contributed by atoms with Gasteiger partial charge in [0.05, 0.1) is 17.3 Å². The lowest BCUT2D eigenvalue weighted by Crippen LogP contribution is -2.40. The third kappa shape index (κ3) is 4.31. The molecule has 3 heterocycles. The minimum atomic E-state index is -0.397. The number of thiazole rings is 1. The Kier molecular flexibility index (Phi) is 5.77. The number of anilines is 2. The molecule has 0 unspecified atom stereocenters. The maximum Gasteiger partial charge on any atom is 0.328 e. The molecule has 2 aromatic heterocycles. The minimum Gasteiger partial charge on any atom is -0.467 e. The van der Waals surface area contributed by atoms with Gasteiger partial charge in [0.2, 0.25) is 0 Å². The number of halogens is 1. The summed E-state index contributed by atoms with van der Waals surface area (Å²) in [6.07, 6.45) is 1.55. The molecule has 2 aromatic carbocycles. The van der Waals surface area contributed by atoms with Crippen molar-refractivity contribution in [3.8, 4) is 11.3 Å². The standard InChI is InChI=1S/C23H19FN4O3S2/c1-30-22(29)18-6-3-9-28(18)21(32)19-12-17(27-31-19)13-4-2-5-15(10-13)25-23-26-16-8-7-14(24)11-20(16)33-23/h2,4-5,7-8,10-12,18H,3,6,9H2,1H3,(H,25,26)/t18-/m0/s1. The van der Waals surface area contributed by atoms with Crippen LogP contribution in [0.15, 0.2) is 53.1 Å². The Morgan fingerprint density at radius 1 is 1.30 bits per heavy atom. The maximum absolute atomic E-state index is 13.5. The number of aromatic nitrogens is 2. The molecule has 0 saturated carbocycles. The molecule has 1 fully saturated rings. The number of nitrogens with one attached hydrogen (secondary N) is 1. The van der Waals surface area contributed by atoms with E-state index < -0.39 is 6.04 Å². The van der Waals surface area contributed by atoms with Crippen LogP contribution in [0.5, 0.6) is 0 Å². The summed E-state index contributed by atoms with van der Waals surface area (Å²) in [5.41, 5.74) is 3.00. The van der Waals surface area contributed by atoms with Gasteiger partial charge in [-0.25, -0.2) is 14.2 Å². The number of carbonyl (C=O) groups is 1. The average molecular weight is 483 g/mol. The molecule has 0 radical (unpaired) electrons. The van der Waals surface area contributed by atoms with Crippen molar-refractivity contribution >= 4 is 55.5 Å². The van der Waals surface area contributed by atoms with Gasteiger partial charge in [-0.2, -0.15) is 0 Å². The number of rotatable bonds is 5. The second-order valence-electron chi connectivity index (χ2n) is 7.59. The van der Waals surface area contributed by atoms with E-state index in [4.69, 9.17) is 21.5 Å². The van der Waals surface area contributed by atoms with Crippen molar-refractivity contribution in [1.82, 2.24) is 15.0 Å². The number of esters is 1. The molecule has 1 aliphatic rings. The molecule has 1 N–H and O–H groups in total. The van der Waals surface area contributed by atoms with Crippen molar-refractivity contribution in [1.29, 1.82) is 0 Å². The topological polar surface area (TPSA) is 80.5 Å². The van der Waals surface area contributed by atoms with Crippen molar-refractivity contribution in [3.63, 3.8) is 0 Å². The summed E-state index contributed by atoms with van der Waals surface area (Å²) >= 11 is 6.96. The number of methoxy groups -OCH3 is 1. The minimum absolute atomic E-state index is 0.286. The molecule has 0 amide bonds. The van der Waals surface area contributed by atoms with Crippen LogP contribution < -0.4 is 5.32 Å². The molecule has 0 bridgehead atoms. The van der Waals surface area contributed by atoms with Gasteiger partial charge in [-0.15, -0.1) is 0 Å². The lowest BCUT2D eigenvalue weighted by Gasteiger charge is -2.23. The number of hydrogen-bond acceptors (Lipinski definition) is 8. The molecular formula is C23H19FN4O3S2. The van der Waals surface area contributed by atoms with Crippen LogP contribution in [0.25, 0.3) is 21.5 Å².